The standard InChI is InChI=1S/C24H22FN5O2S/c1-14-9-10-17(25)16(12-14)20-28-22(32)19-23(29-20)33-24(27-19)30-11-5-8-18(30)21(31)26-13-15-6-3-2-4-7-15/h2-4,6-7,9-10,12,18H,5,8,11,13H2,1H3,(H,26,31)(H,28,29,32)/t18-/m1/s1. The third-order valence-electron chi connectivity index (χ3n) is 5.75. The van der Waals surface area contributed by atoms with Crippen molar-refractivity contribution in [1.82, 2.24) is 20.3 Å². The summed E-state index contributed by atoms with van der Waals surface area (Å²) >= 11 is 1.24. The molecular formula is C24H22FN5O2S. The lowest BCUT2D eigenvalue weighted by Crippen LogP contribution is -2.43. The van der Waals surface area contributed by atoms with E-state index in [2.05, 4.69) is 20.3 Å². The number of fused-ring (bicyclic) bond motifs is 1. The second-order valence-electron chi connectivity index (χ2n) is 8.10. The van der Waals surface area contributed by atoms with Crippen molar-refractivity contribution in [1.29, 1.82) is 0 Å². The molecule has 7 nitrogen and oxygen atoms in total. The summed E-state index contributed by atoms with van der Waals surface area (Å²) in [5, 5.41) is 3.57. The highest BCUT2D eigenvalue weighted by molar-refractivity contribution is 7.21. The maximum absolute atomic E-state index is 14.3. The Labute approximate surface area is 193 Å². The van der Waals surface area contributed by atoms with Crippen LogP contribution in [-0.2, 0) is 11.3 Å². The van der Waals surface area contributed by atoms with Crippen LogP contribution in [-0.4, -0.2) is 33.4 Å². The number of amides is 1. The maximum atomic E-state index is 14.3. The van der Waals surface area contributed by atoms with Crippen LogP contribution < -0.4 is 15.8 Å². The molecule has 33 heavy (non-hydrogen) atoms. The molecule has 0 saturated carbocycles. The van der Waals surface area contributed by atoms with Gasteiger partial charge in [0.25, 0.3) is 5.56 Å². The quantitative estimate of drug-likeness (QED) is 0.470. The van der Waals surface area contributed by atoms with Gasteiger partial charge < -0.3 is 15.2 Å². The van der Waals surface area contributed by atoms with Crippen molar-refractivity contribution in [2.45, 2.75) is 32.4 Å². The van der Waals surface area contributed by atoms with Crippen LogP contribution in [0.1, 0.15) is 24.0 Å². The smallest absolute Gasteiger partial charge is 0.278 e. The largest absolute Gasteiger partial charge is 0.350 e. The lowest BCUT2D eigenvalue weighted by molar-refractivity contribution is -0.122. The molecule has 0 unspecified atom stereocenters. The summed E-state index contributed by atoms with van der Waals surface area (Å²) in [5.74, 6) is -0.356. The van der Waals surface area contributed by atoms with Gasteiger partial charge in [-0.25, -0.2) is 14.4 Å². The minimum Gasteiger partial charge on any atom is -0.350 e. The van der Waals surface area contributed by atoms with Crippen LogP contribution in [0.25, 0.3) is 21.7 Å². The monoisotopic (exact) mass is 463 g/mol. The second kappa shape index (κ2) is 8.74. The Morgan fingerprint density at radius 1 is 1.24 bits per heavy atom. The van der Waals surface area contributed by atoms with E-state index in [1.807, 2.05) is 42.2 Å². The highest BCUT2D eigenvalue weighted by Gasteiger charge is 2.33. The van der Waals surface area contributed by atoms with Crippen LogP contribution in [0.4, 0.5) is 9.52 Å². The number of benzene rings is 2. The highest BCUT2D eigenvalue weighted by atomic mass is 32.1. The molecule has 9 heteroatoms. The van der Waals surface area contributed by atoms with Crippen LogP contribution in [0.5, 0.6) is 0 Å². The first-order chi connectivity index (χ1) is 16.0. The fourth-order valence-electron chi connectivity index (χ4n) is 4.06. The van der Waals surface area contributed by atoms with Gasteiger partial charge in [-0.2, -0.15) is 0 Å². The molecular weight excluding hydrogens is 441 g/mol. The van der Waals surface area contributed by atoms with Gasteiger partial charge in [-0.1, -0.05) is 53.3 Å². The zero-order valence-electron chi connectivity index (χ0n) is 18.0. The molecule has 0 spiro atoms. The number of anilines is 1. The fraction of sp³-hybridized carbons (Fsp3) is 0.250. The summed E-state index contributed by atoms with van der Waals surface area (Å²) in [6, 6.07) is 14.0. The van der Waals surface area contributed by atoms with E-state index in [4.69, 9.17) is 0 Å². The Hall–Kier alpha value is -3.59. The van der Waals surface area contributed by atoms with Gasteiger partial charge in [-0.3, -0.25) is 9.59 Å². The van der Waals surface area contributed by atoms with Gasteiger partial charge in [0.05, 0.1) is 5.56 Å². The van der Waals surface area contributed by atoms with E-state index in [-0.39, 0.29) is 28.9 Å². The number of aromatic nitrogens is 3. The van der Waals surface area contributed by atoms with Gasteiger partial charge >= 0.3 is 0 Å². The SMILES string of the molecule is Cc1ccc(F)c(-c2nc3sc(N4CCC[C@@H]4C(=O)NCc4ccccc4)nc3c(=O)[nH]2)c1. The molecule has 2 N–H and O–H groups in total. The molecule has 0 radical (unpaired) electrons. The number of nitrogens with zero attached hydrogens (tertiary/aromatic N) is 3. The number of halogens is 1. The molecule has 2 aromatic heterocycles. The summed E-state index contributed by atoms with van der Waals surface area (Å²) < 4.78 is 14.3. The Balaban J connectivity index is 1.42. The predicted octanol–water partition coefficient (Wildman–Crippen LogP) is 3.78. The summed E-state index contributed by atoms with van der Waals surface area (Å²) in [5.41, 5.74) is 1.90. The van der Waals surface area contributed by atoms with Crippen LogP contribution >= 0.6 is 11.3 Å². The molecule has 3 heterocycles. The van der Waals surface area contributed by atoms with Crippen molar-refractivity contribution in [2.24, 2.45) is 0 Å². The number of H-pyrrole nitrogens is 1. The van der Waals surface area contributed by atoms with Crippen LogP contribution in [0.3, 0.4) is 0 Å². The summed E-state index contributed by atoms with van der Waals surface area (Å²) in [4.78, 5) is 39.6. The minimum atomic E-state index is -0.456. The Kier molecular flexibility index (Phi) is 5.63. The molecule has 168 valence electrons. The van der Waals surface area contributed by atoms with Gasteiger partial charge in [-0.15, -0.1) is 0 Å². The number of aryl methyl sites for hydroxylation is 1. The predicted molar refractivity (Wildman–Crippen MR) is 127 cm³/mol. The van der Waals surface area contributed by atoms with Gasteiger partial charge in [0.1, 0.15) is 17.7 Å². The first-order valence-electron chi connectivity index (χ1n) is 10.8. The van der Waals surface area contributed by atoms with E-state index >= 15 is 0 Å². The second-order valence-corrected chi connectivity index (χ2v) is 9.06. The van der Waals surface area contributed by atoms with E-state index in [1.165, 1.54) is 17.4 Å². The lowest BCUT2D eigenvalue weighted by Gasteiger charge is -2.23. The highest BCUT2D eigenvalue weighted by Crippen LogP contribution is 2.32. The van der Waals surface area contributed by atoms with Crippen molar-refractivity contribution in [3.8, 4) is 11.4 Å². The van der Waals surface area contributed by atoms with Crippen LogP contribution in [0, 0.1) is 12.7 Å². The van der Waals surface area contributed by atoms with Crippen molar-refractivity contribution >= 4 is 32.7 Å². The average Bonchev–Trinajstić information content (AvgIpc) is 3.47. The van der Waals surface area contributed by atoms with E-state index < -0.39 is 11.4 Å². The summed E-state index contributed by atoms with van der Waals surface area (Å²) in [6.45, 7) is 2.97. The van der Waals surface area contributed by atoms with Crippen molar-refractivity contribution in [3.05, 3.63) is 75.8 Å². The van der Waals surface area contributed by atoms with Crippen molar-refractivity contribution in [2.75, 3.05) is 11.4 Å². The van der Waals surface area contributed by atoms with E-state index in [9.17, 15) is 14.0 Å². The first-order valence-corrected chi connectivity index (χ1v) is 11.6. The molecule has 5 rings (SSSR count). The molecule has 0 aliphatic carbocycles. The molecule has 4 aromatic rings. The number of nitrogens with one attached hydrogen (secondary N) is 2. The Morgan fingerprint density at radius 2 is 2.06 bits per heavy atom. The Morgan fingerprint density at radius 3 is 2.88 bits per heavy atom. The zero-order chi connectivity index (χ0) is 22.9. The van der Waals surface area contributed by atoms with Crippen LogP contribution in [0.2, 0.25) is 0 Å². The third-order valence-corrected chi connectivity index (χ3v) is 6.73. The van der Waals surface area contributed by atoms with Gasteiger partial charge in [0.15, 0.2) is 15.5 Å². The minimum absolute atomic E-state index is 0.0694. The molecule has 2 aromatic carbocycles. The summed E-state index contributed by atoms with van der Waals surface area (Å²) in [7, 11) is 0. The number of rotatable bonds is 5. The molecule has 0 bridgehead atoms. The van der Waals surface area contributed by atoms with E-state index in [0.29, 0.717) is 29.5 Å². The van der Waals surface area contributed by atoms with Gasteiger partial charge in [0.2, 0.25) is 5.91 Å². The van der Waals surface area contributed by atoms with Crippen molar-refractivity contribution in [3.63, 3.8) is 0 Å². The van der Waals surface area contributed by atoms with Crippen molar-refractivity contribution < 1.29 is 9.18 Å². The van der Waals surface area contributed by atoms with Gasteiger partial charge in [0, 0.05) is 13.1 Å². The molecule has 1 atom stereocenters. The van der Waals surface area contributed by atoms with E-state index in [0.717, 1.165) is 17.5 Å². The topological polar surface area (TPSA) is 91.0 Å². The number of carbonyl (C=O) groups excluding carboxylic acids is 1. The van der Waals surface area contributed by atoms with E-state index in [1.54, 1.807) is 12.1 Å². The van der Waals surface area contributed by atoms with Gasteiger partial charge in [-0.05, 0) is 37.5 Å². The number of carbonyl (C=O) groups is 1. The maximum Gasteiger partial charge on any atom is 0.278 e. The normalized spacial score (nSPS) is 15.8. The number of aromatic amines is 1. The Bertz CT molecular complexity index is 1380. The summed E-state index contributed by atoms with van der Waals surface area (Å²) in [6.07, 6.45) is 1.56. The number of thiazole rings is 1. The van der Waals surface area contributed by atoms with Crippen LogP contribution in [0.15, 0.2) is 53.3 Å². The first kappa shape index (κ1) is 21.3. The fourth-order valence-corrected chi connectivity index (χ4v) is 5.08. The molecule has 1 saturated heterocycles. The zero-order valence-corrected chi connectivity index (χ0v) is 18.8. The number of hydrogen-bond donors (Lipinski definition) is 2. The number of hydrogen-bond acceptors (Lipinski definition) is 6. The third kappa shape index (κ3) is 4.23. The molecule has 1 fully saturated rings. The molecule has 1 amide bonds. The molecule has 1 aliphatic heterocycles. The lowest BCUT2D eigenvalue weighted by atomic mass is 10.1. The average molecular weight is 464 g/mol. The molecule has 1 aliphatic rings.